The second-order valence-corrected chi connectivity index (χ2v) is 5.54. The summed E-state index contributed by atoms with van der Waals surface area (Å²) < 4.78 is 0. The molecule has 1 saturated heterocycles. The van der Waals surface area contributed by atoms with Crippen LogP contribution < -0.4 is 16.2 Å². The molecular weight excluding hydrogens is 246 g/mol. The highest BCUT2D eigenvalue weighted by molar-refractivity contribution is 7.98. The minimum atomic E-state index is 0.682. The second-order valence-electron chi connectivity index (χ2n) is 4.77. The second kappa shape index (κ2) is 6.24. The molecule has 18 heavy (non-hydrogen) atoms. The highest BCUT2D eigenvalue weighted by Crippen LogP contribution is 2.24. The van der Waals surface area contributed by atoms with Crippen molar-refractivity contribution >= 4 is 23.4 Å². The van der Waals surface area contributed by atoms with Gasteiger partial charge in [-0.2, -0.15) is 0 Å². The molecule has 2 rings (SSSR count). The Labute approximate surface area is 113 Å². The van der Waals surface area contributed by atoms with Gasteiger partial charge in [-0.15, -0.1) is 0 Å². The van der Waals surface area contributed by atoms with E-state index in [1.165, 1.54) is 31.0 Å². The number of aromatic nitrogens is 2. The Kier molecular flexibility index (Phi) is 4.66. The van der Waals surface area contributed by atoms with Gasteiger partial charge in [0.05, 0.1) is 0 Å². The number of hydrogen-bond donors (Lipinski definition) is 2. The summed E-state index contributed by atoms with van der Waals surface area (Å²) in [5.74, 6) is 7.93. The molecule has 1 aliphatic heterocycles. The lowest BCUT2D eigenvalue weighted by atomic mass is 10.0. The highest BCUT2D eigenvalue weighted by Gasteiger charge is 2.16. The Bertz CT molecular complexity index is 376. The molecule has 0 radical (unpaired) electrons. The normalized spacial score (nSPS) is 20.6. The fourth-order valence-corrected chi connectivity index (χ4v) is 2.61. The van der Waals surface area contributed by atoms with Crippen LogP contribution in [0.4, 0.5) is 11.6 Å². The molecule has 2 heterocycles. The van der Waals surface area contributed by atoms with Crippen molar-refractivity contribution in [3.05, 3.63) is 6.07 Å². The summed E-state index contributed by atoms with van der Waals surface area (Å²) in [6, 6.07) is 1.93. The molecule has 0 bridgehead atoms. The summed E-state index contributed by atoms with van der Waals surface area (Å²) in [5.41, 5.74) is 2.61. The smallest absolute Gasteiger partial charge is 0.191 e. The van der Waals surface area contributed by atoms with Crippen molar-refractivity contribution in [2.75, 3.05) is 29.7 Å². The molecule has 0 aliphatic carbocycles. The van der Waals surface area contributed by atoms with Crippen LogP contribution in [-0.4, -0.2) is 29.3 Å². The standard InChI is InChI=1S/C12H21N5S/c1-9-4-3-6-17(7-5-9)11-8-10(16-13)14-12(15-11)18-2/h8-9H,3-7,13H2,1-2H3,(H,14,15,16). The van der Waals surface area contributed by atoms with Crippen LogP contribution in [0, 0.1) is 5.92 Å². The maximum absolute atomic E-state index is 5.46. The zero-order valence-corrected chi connectivity index (χ0v) is 11.8. The molecule has 1 fully saturated rings. The van der Waals surface area contributed by atoms with Crippen molar-refractivity contribution < 1.29 is 0 Å². The van der Waals surface area contributed by atoms with Gasteiger partial charge in [-0.05, 0) is 31.4 Å². The van der Waals surface area contributed by atoms with Crippen molar-refractivity contribution in [3.8, 4) is 0 Å². The van der Waals surface area contributed by atoms with Crippen LogP contribution in [0.5, 0.6) is 0 Å². The quantitative estimate of drug-likeness (QED) is 0.378. The molecule has 5 nitrogen and oxygen atoms in total. The lowest BCUT2D eigenvalue weighted by Gasteiger charge is -2.22. The maximum atomic E-state index is 5.46. The van der Waals surface area contributed by atoms with Crippen molar-refractivity contribution in [2.24, 2.45) is 11.8 Å². The summed E-state index contributed by atoms with van der Waals surface area (Å²) >= 11 is 1.54. The summed E-state index contributed by atoms with van der Waals surface area (Å²) in [6.07, 6.45) is 5.73. The fraction of sp³-hybridized carbons (Fsp3) is 0.667. The lowest BCUT2D eigenvalue weighted by Crippen LogP contribution is -2.26. The molecule has 1 aromatic heterocycles. The minimum absolute atomic E-state index is 0.682. The summed E-state index contributed by atoms with van der Waals surface area (Å²) in [7, 11) is 0. The molecule has 1 atom stereocenters. The number of nitrogen functional groups attached to an aromatic ring is 1. The van der Waals surface area contributed by atoms with Crippen LogP contribution in [0.2, 0.25) is 0 Å². The summed E-state index contributed by atoms with van der Waals surface area (Å²) in [4.78, 5) is 11.2. The predicted octanol–water partition coefficient (Wildman–Crippen LogP) is 2.11. The van der Waals surface area contributed by atoms with E-state index in [0.29, 0.717) is 5.82 Å². The average molecular weight is 267 g/mol. The first kappa shape index (κ1) is 13.4. The lowest BCUT2D eigenvalue weighted by molar-refractivity contribution is 0.521. The van der Waals surface area contributed by atoms with E-state index in [-0.39, 0.29) is 0 Å². The van der Waals surface area contributed by atoms with Crippen LogP contribution in [0.3, 0.4) is 0 Å². The van der Waals surface area contributed by atoms with Crippen LogP contribution in [0.25, 0.3) is 0 Å². The van der Waals surface area contributed by atoms with Gasteiger partial charge < -0.3 is 10.3 Å². The number of nitrogens with zero attached hydrogens (tertiary/aromatic N) is 3. The molecule has 1 unspecified atom stereocenters. The molecule has 6 heteroatoms. The molecule has 0 saturated carbocycles. The number of thioether (sulfide) groups is 1. The van der Waals surface area contributed by atoms with Gasteiger partial charge in [-0.1, -0.05) is 18.7 Å². The first-order valence-electron chi connectivity index (χ1n) is 6.37. The van der Waals surface area contributed by atoms with Gasteiger partial charge in [0.1, 0.15) is 11.6 Å². The molecule has 1 aromatic rings. The van der Waals surface area contributed by atoms with Gasteiger partial charge in [0.2, 0.25) is 0 Å². The van der Waals surface area contributed by atoms with Gasteiger partial charge in [0.25, 0.3) is 0 Å². The number of anilines is 2. The summed E-state index contributed by atoms with van der Waals surface area (Å²) in [5, 5.41) is 0.762. The van der Waals surface area contributed by atoms with E-state index in [9.17, 15) is 0 Å². The van der Waals surface area contributed by atoms with Gasteiger partial charge in [0, 0.05) is 19.2 Å². The zero-order valence-electron chi connectivity index (χ0n) is 11.0. The monoisotopic (exact) mass is 267 g/mol. The Morgan fingerprint density at radius 3 is 2.94 bits per heavy atom. The van der Waals surface area contributed by atoms with Gasteiger partial charge in [0.15, 0.2) is 5.16 Å². The number of nitrogens with one attached hydrogen (secondary N) is 1. The third kappa shape index (κ3) is 3.26. The van der Waals surface area contributed by atoms with Crippen LogP contribution in [-0.2, 0) is 0 Å². The average Bonchev–Trinajstić information content (AvgIpc) is 2.63. The largest absolute Gasteiger partial charge is 0.356 e. The molecule has 0 amide bonds. The van der Waals surface area contributed by atoms with Gasteiger partial charge in [-0.25, -0.2) is 15.8 Å². The van der Waals surface area contributed by atoms with Crippen LogP contribution in [0.15, 0.2) is 11.2 Å². The Morgan fingerprint density at radius 1 is 1.39 bits per heavy atom. The van der Waals surface area contributed by atoms with E-state index in [1.807, 2.05) is 12.3 Å². The van der Waals surface area contributed by atoms with E-state index in [0.717, 1.165) is 30.0 Å². The van der Waals surface area contributed by atoms with Gasteiger partial charge in [-0.3, -0.25) is 0 Å². The topological polar surface area (TPSA) is 67.1 Å². The maximum Gasteiger partial charge on any atom is 0.191 e. The number of hydrazine groups is 1. The Morgan fingerprint density at radius 2 is 2.22 bits per heavy atom. The molecule has 1 aliphatic rings. The van der Waals surface area contributed by atoms with E-state index in [2.05, 4.69) is 27.2 Å². The number of rotatable bonds is 3. The minimum Gasteiger partial charge on any atom is -0.356 e. The molecule has 0 aromatic carbocycles. The molecule has 0 spiro atoms. The third-order valence-corrected chi connectivity index (χ3v) is 3.91. The molecule has 3 N–H and O–H groups in total. The Balaban J connectivity index is 2.20. The van der Waals surface area contributed by atoms with Gasteiger partial charge >= 0.3 is 0 Å². The first-order chi connectivity index (χ1) is 8.72. The number of hydrogen-bond acceptors (Lipinski definition) is 6. The first-order valence-corrected chi connectivity index (χ1v) is 7.60. The van der Waals surface area contributed by atoms with Crippen molar-refractivity contribution in [3.63, 3.8) is 0 Å². The fourth-order valence-electron chi connectivity index (χ4n) is 2.23. The van der Waals surface area contributed by atoms with Crippen molar-refractivity contribution in [1.82, 2.24) is 9.97 Å². The van der Waals surface area contributed by atoms with Crippen molar-refractivity contribution in [1.29, 1.82) is 0 Å². The zero-order chi connectivity index (χ0) is 13.0. The van der Waals surface area contributed by atoms with E-state index < -0.39 is 0 Å². The van der Waals surface area contributed by atoms with Crippen LogP contribution >= 0.6 is 11.8 Å². The van der Waals surface area contributed by atoms with Crippen LogP contribution in [0.1, 0.15) is 26.2 Å². The van der Waals surface area contributed by atoms with Crippen molar-refractivity contribution in [2.45, 2.75) is 31.3 Å². The predicted molar refractivity (Wildman–Crippen MR) is 76.9 cm³/mol. The molecular formula is C12H21N5S. The SMILES string of the molecule is CSc1nc(NN)cc(N2CCCC(C)CC2)n1. The third-order valence-electron chi connectivity index (χ3n) is 3.36. The van der Waals surface area contributed by atoms with E-state index in [1.54, 1.807) is 0 Å². The number of nitrogens with two attached hydrogens (primary N) is 1. The van der Waals surface area contributed by atoms with E-state index in [4.69, 9.17) is 5.84 Å². The molecule has 100 valence electrons. The highest BCUT2D eigenvalue weighted by atomic mass is 32.2. The summed E-state index contributed by atoms with van der Waals surface area (Å²) in [6.45, 7) is 4.46. The van der Waals surface area contributed by atoms with E-state index >= 15 is 0 Å². The Hall–Kier alpha value is -1.01.